The molecule has 0 aromatic carbocycles. The van der Waals surface area contributed by atoms with Crippen LogP contribution >= 0.6 is 0 Å². The lowest BCUT2D eigenvalue weighted by Crippen LogP contribution is -2.24. The summed E-state index contributed by atoms with van der Waals surface area (Å²) in [4.78, 5) is 0. The first-order chi connectivity index (χ1) is 5.18. The fourth-order valence-electron chi connectivity index (χ4n) is 1.02. The molecule has 0 aliphatic heterocycles. The van der Waals surface area contributed by atoms with E-state index >= 15 is 0 Å². The van der Waals surface area contributed by atoms with E-state index in [-0.39, 0.29) is 0 Å². The maximum absolute atomic E-state index is 9.62. The van der Waals surface area contributed by atoms with Crippen molar-refractivity contribution >= 4 is 0 Å². The van der Waals surface area contributed by atoms with E-state index in [1.54, 1.807) is 0 Å². The zero-order valence-corrected chi connectivity index (χ0v) is 7.56. The normalized spacial score (nSPS) is 15.5. The molecule has 64 valence electrons. The van der Waals surface area contributed by atoms with Crippen molar-refractivity contribution in [3.05, 3.63) is 0 Å². The van der Waals surface area contributed by atoms with Crippen molar-refractivity contribution in [2.75, 3.05) is 0 Å². The summed E-state index contributed by atoms with van der Waals surface area (Å²) in [7, 11) is 0. The molecule has 1 atom stereocenters. The van der Waals surface area contributed by atoms with Crippen LogP contribution in [0.5, 0.6) is 0 Å². The summed E-state index contributed by atoms with van der Waals surface area (Å²) in [5.41, 5.74) is -0.838. The minimum atomic E-state index is -0.838. The molecule has 0 aromatic rings. The highest BCUT2D eigenvalue weighted by atomic mass is 16.3. The predicted octanol–water partition coefficient (Wildman–Crippen LogP) is 2.34. The topological polar surface area (TPSA) is 20.2 Å². The molecule has 0 radical (unpaired) electrons. The van der Waals surface area contributed by atoms with Crippen LogP contribution in [0.2, 0.25) is 0 Å². The van der Waals surface area contributed by atoms with Crippen molar-refractivity contribution in [2.24, 2.45) is 0 Å². The minimum absolute atomic E-state index is 0.660. The summed E-state index contributed by atoms with van der Waals surface area (Å²) in [6.45, 7) is 4.06. The van der Waals surface area contributed by atoms with Crippen LogP contribution in [0.3, 0.4) is 0 Å². The van der Waals surface area contributed by atoms with Crippen LogP contribution in [0.4, 0.5) is 0 Å². The third-order valence-corrected chi connectivity index (χ3v) is 2.05. The highest BCUT2D eigenvalue weighted by molar-refractivity contribution is 5.06. The van der Waals surface area contributed by atoms with Crippen LogP contribution in [0.15, 0.2) is 0 Å². The van der Waals surface area contributed by atoms with Crippen molar-refractivity contribution in [3.8, 4) is 12.3 Å². The van der Waals surface area contributed by atoms with E-state index in [9.17, 15) is 5.11 Å². The highest BCUT2D eigenvalue weighted by Gasteiger charge is 2.19. The van der Waals surface area contributed by atoms with E-state index in [0.717, 1.165) is 19.3 Å². The molecule has 0 spiro atoms. The largest absolute Gasteiger partial charge is 0.378 e. The highest BCUT2D eigenvalue weighted by Crippen LogP contribution is 2.17. The maximum Gasteiger partial charge on any atom is 0.125 e. The fraction of sp³-hybridized carbons (Fsp3) is 0.800. The first-order valence-corrected chi connectivity index (χ1v) is 4.38. The zero-order chi connectivity index (χ0) is 8.74. The summed E-state index contributed by atoms with van der Waals surface area (Å²) in [6.07, 6.45) is 9.96. The lowest BCUT2D eigenvalue weighted by atomic mass is 9.94. The van der Waals surface area contributed by atoms with Gasteiger partial charge in [-0.25, -0.2) is 0 Å². The third-order valence-electron chi connectivity index (χ3n) is 2.05. The molecule has 0 aliphatic carbocycles. The van der Waals surface area contributed by atoms with Crippen molar-refractivity contribution in [1.29, 1.82) is 0 Å². The monoisotopic (exact) mass is 154 g/mol. The van der Waals surface area contributed by atoms with Crippen LogP contribution in [0, 0.1) is 12.3 Å². The molecule has 0 bridgehead atoms. The molecule has 1 N–H and O–H groups in total. The Labute approximate surface area is 69.8 Å². The Hall–Kier alpha value is -0.480. The van der Waals surface area contributed by atoms with Gasteiger partial charge in [-0.1, -0.05) is 32.6 Å². The average molecular weight is 154 g/mol. The van der Waals surface area contributed by atoms with Crippen LogP contribution < -0.4 is 0 Å². The van der Waals surface area contributed by atoms with Gasteiger partial charge in [0.15, 0.2) is 0 Å². The van der Waals surface area contributed by atoms with Gasteiger partial charge in [0.05, 0.1) is 0 Å². The Morgan fingerprint density at radius 3 is 2.36 bits per heavy atom. The molecular formula is C10H18O. The van der Waals surface area contributed by atoms with Crippen LogP contribution in [0.1, 0.15) is 46.0 Å². The summed E-state index contributed by atoms with van der Waals surface area (Å²) in [5, 5.41) is 9.62. The smallest absolute Gasteiger partial charge is 0.125 e. The van der Waals surface area contributed by atoms with Crippen molar-refractivity contribution in [2.45, 2.75) is 51.6 Å². The van der Waals surface area contributed by atoms with Crippen LogP contribution in [-0.2, 0) is 0 Å². The van der Waals surface area contributed by atoms with Gasteiger partial charge in [0.25, 0.3) is 0 Å². The van der Waals surface area contributed by atoms with E-state index < -0.39 is 5.60 Å². The Bertz CT molecular complexity index is 134. The van der Waals surface area contributed by atoms with E-state index in [4.69, 9.17) is 6.42 Å². The second-order valence-electron chi connectivity index (χ2n) is 2.99. The Morgan fingerprint density at radius 2 is 2.00 bits per heavy atom. The second-order valence-corrected chi connectivity index (χ2v) is 2.99. The molecule has 0 aliphatic rings. The molecule has 0 amide bonds. The van der Waals surface area contributed by atoms with Gasteiger partial charge < -0.3 is 5.11 Å². The SMILES string of the molecule is C#C[C@](O)(CC)CCCCC. The van der Waals surface area contributed by atoms with E-state index in [2.05, 4.69) is 12.8 Å². The Kier molecular flexibility index (Phi) is 4.98. The Balaban J connectivity index is 3.63. The first kappa shape index (κ1) is 10.5. The number of hydrogen-bond donors (Lipinski definition) is 1. The van der Waals surface area contributed by atoms with Gasteiger partial charge in [-0.2, -0.15) is 0 Å². The fourth-order valence-corrected chi connectivity index (χ4v) is 1.02. The maximum atomic E-state index is 9.62. The average Bonchev–Trinajstić information content (AvgIpc) is 2.05. The van der Waals surface area contributed by atoms with E-state index in [1.165, 1.54) is 6.42 Å². The van der Waals surface area contributed by atoms with Gasteiger partial charge in [0.2, 0.25) is 0 Å². The number of unbranched alkanes of at least 4 members (excludes halogenated alkanes) is 2. The van der Waals surface area contributed by atoms with E-state index in [1.807, 2.05) is 6.92 Å². The molecule has 1 nitrogen and oxygen atoms in total. The standard InChI is InChI=1S/C10H18O/c1-4-7-8-9-10(11,5-2)6-3/h2,11H,4,6-9H2,1,3H3/t10-/m0/s1. The number of terminal acetylenes is 1. The number of aliphatic hydroxyl groups is 1. The molecule has 0 saturated carbocycles. The summed E-state index contributed by atoms with van der Waals surface area (Å²) in [5.74, 6) is 2.44. The van der Waals surface area contributed by atoms with Gasteiger partial charge in [0.1, 0.15) is 5.60 Å². The quantitative estimate of drug-likeness (QED) is 0.476. The molecule has 1 heteroatoms. The van der Waals surface area contributed by atoms with E-state index in [0.29, 0.717) is 6.42 Å². The molecule has 0 aromatic heterocycles. The molecule has 0 unspecified atom stereocenters. The Morgan fingerprint density at radius 1 is 1.36 bits per heavy atom. The molecule has 0 saturated heterocycles. The lowest BCUT2D eigenvalue weighted by molar-refractivity contribution is 0.0848. The number of rotatable bonds is 5. The molecule has 11 heavy (non-hydrogen) atoms. The molecule has 0 fully saturated rings. The zero-order valence-electron chi connectivity index (χ0n) is 7.56. The number of hydrogen-bond acceptors (Lipinski definition) is 1. The molecule has 0 heterocycles. The molecule has 0 rings (SSSR count). The lowest BCUT2D eigenvalue weighted by Gasteiger charge is -2.19. The van der Waals surface area contributed by atoms with Gasteiger partial charge in [-0.3, -0.25) is 0 Å². The van der Waals surface area contributed by atoms with Crippen molar-refractivity contribution in [3.63, 3.8) is 0 Å². The van der Waals surface area contributed by atoms with Gasteiger partial charge >= 0.3 is 0 Å². The predicted molar refractivity (Wildman–Crippen MR) is 48.2 cm³/mol. The van der Waals surface area contributed by atoms with Crippen LogP contribution in [0.25, 0.3) is 0 Å². The molecular weight excluding hydrogens is 136 g/mol. The van der Waals surface area contributed by atoms with Gasteiger partial charge in [-0.15, -0.1) is 6.42 Å². The summed E-state index contributed by atoms with van der Waals surface area (Å²) >= 11 is 0. The van der Waals surface area contributed by atoms with Crippen LogP contribution in [-0.4, -0.2) is 10.7 Å². The van der Waals surface area contributed by atoms with Crippen molar-refractivity contribution in [1.82, 2.24) is 0 Å². The van der Waals surface area contributed by atoms with Gasteiger partial charge in [0, 0.05) is 0 Å². The summed E-state index contributed by atoms with van der Waals surface area (Å²) in [6, 6.07) is 0. The second kappa shape index (κ2) is 5.21. The first-order valence-electron chi connectivity index (χ1n) is 4.38. The van der Waals surface area contributed by atoms with Gasteiger partial charge in [-0.05, 0) is 19.3 Å². The minimum Gasteiger partial charge on any atom is -0.378 e. The third kappa shape index (κ3) is 4.06. The summed E-state index contributed by atoms with van der Waals surface area (Å²) < 4.78 is 0. The van der Waals surface area contributed by atoms with Crippen molar-refractivity contribution < 1.29 is 5.11 Å².